The van der Waals surface area contributed by atoms with Gasteiger partial charge >= 0.3 is 23.9 Å². The van der Waals surface area contributed by atoms with Gasteiger partial charge in [-0.05, 0) is 174 Å². The van der Waals surface area contributed by atoms with Gasteiger partial charge in [-0.2, -0.15) is 0 Å². The van der Waals surface area contributed by atoms with Crippen LogP contribution >= 0.6 is 136 Å². The Balaban J connectivity index is 0.000000303. The summed E-state index contributed by atoms with van der Waals surface area (Å²) in [6, 6.07) is 0. The van der Waals surface area contributed by atoms with E-state index in [1.807, 2.05) is 100 Å². The van der Waals surface area contributed by atoms with E-state index in [4.69, 9.17) is 14.9 Å². The number of piperidine rings is 2. The highest BCUT2D eigenvalue weighted by atomic mass is 127. The number of carbonyl (C=O) groups is 6. The summed E-state index contributed by atoms with van der Waals surface area (Å²) in [7, 11) is 3.49. The van der Waals surface area contributed by atoms with Crippen LogP contribution in [0.1, 0.15) is 92.8 Å². The van der Waals surface area contributed by atoms with Gasteiger partial charge in [0.1, 0.15) is 0 Å². The number of aliphatic carboxylic acids is 2. The summed E-state index contributed by atoms with van der Waals surface area (Å²) in [4.78, 5) is 72.5. The van der Waals surface area contributed by atoms with Crippen LogP contribution in [0.15, 0.2) is 0 Å². The molecule has 2 aromatic rings. The zero-order valence-corrected chi connectivity index (χ0v) is 42.7. The van der Waals surface area contributed by atoms with Crippen molar-refractivity contribution in [1.82, 2.24) is 9.80 Å². The molecule has 2 fully saturated rings. The van der Waals surface area contributed by atoms with Crippen LogP contribution in [0, 0.1) is 21.4 Å². The third-order valence-electron chi connectivity index (χ3n) is 8.20. The van der Waals surface area contributed by atoms with Crippen LogP contribution in [0.3, 0.4) is 0 Å². The largest absolute Gasteiger partial charge is 0.481 e. The molecule has 55 heavy (non-hydrogen) atoms. The number of carbonyl (C=O) groups excluding carboxylic acids is 2. The van der Waals surface area contributed by atoms with Crippen LogP contribution in [0.5, 0.6) is 0 Å². The fourth-order valence-corrected chi connectivity index (χ4v) is 14.7. The van der Waals surface area contributed by atoms with Gasteiger partial charge < -0.3 is 45.6 Å². The molecule has 0 atom stereocenters. The summed E-state index contributed by atoms with van der Waals surface area (Å²) in [6.45, 7) is 3.12. The molecule has 2 aliphatic rings. The van der Waals surface area contributed by atoms with Crippen molar-refractivity contribution in [2.75, 3.05) is 64.1 Å². The van der Waals surface area contributed by atoms with Gasteiger partial charge in [-0.1, -0.05) is 0 Å². The number of amides is 2. The lowest BCUT2D eigenvalue weighted by atomic mass is 10.1. The second-order valence-corrected chi connectivity index (χ2v) is 18.3. The van der Waals surface area contributed by atoms with Gasteiger partial charge in [0.15, 0.2) is 0 Å². The smallest absolute Gasteiger partial charge is 0.337 e. The van der Waals surface area contributed by atoms with Crippen LogP contribution < -0.4 is 10.6 Å². The van der Waals surface area contributed by atoms with E-state index in [9.17, 15) is 39.0 Å². The van der Waals surface area contributed by atoms with Crippen molar-refractivity contribution >= 4 is 183 Å². The Bertz CT molecular complexity index is 1640. The maximum absolute atomic E-state index is 12.9. The third kappa shape index (κ3) is 14.2. The molecule has 0 spiro atoms. The number of halogens is 6. The maximum atomic E-state index is 12.9. The summed E-state index contributed by atoms with van der Waals surface area (Å²) in [5.74, 6) is -4.03. The van der Waals surface area contributed by atoms with Crippen LogP contribution in [0.25, 0.3) is 0 Å². The molecule has 2 saturated heterocycles. The van der Waals surface area contributed by atoms with Gasteiger partial charge in [0.25, 0.3) is 11.8 Å². The standard InChI is InChI=1S/2C14H15I3N2O3.C6H10O5/c2*1-18-12-10(16)7(9(15)8(11(12)17)14(21)22)13(20)19-5-3-2-4-6-19;7-5(8)1-3-11-4-2-6(9)10/h2*18H,2-6H2,1H3,(H,21,22);1-4H2,(H,7,8)(H,9,10). The molecule has 6 N–H and O–H groups in total. The highest BCUT2D eigenvalue weighted by Crippen LogP contribution is 2.38. The van der Waals surface area contributed by atoms with Gasteiger partial charge in [0.2, 0.25) is 0 Å². The minimum atomic E-state index is -1.01. The zero-order chi connectivity index (χ0) is 41.6. The second-order valence-electron chi connectivity index (χ2n) is 11.8. The number of carboxylic acids is 4. The molecule has 0 saturated carbocycles. The summed E-state index contributed by atoms with van der Waals surface area (Å²) in [6.07, 6.45) is 6.16. The first-order valence-corrected chi connectivity index (χ1v) is 23.2. The number of hydrogen-bond acceptors (Lipinski definition) is 9. The lowest BCUT2D eigenvalue weighted by molar-refractivity contribution is -0.138. The monoisotopic (exact) mass is 1440 g/mol. The summed E-state index contributed by atoms with van der Waals surface area (Å²) < 4.78 is 8.58. The minimum absolute atomic E-state index is 0.0658. The topological polar surface area (TPSA) is 223 Å². The Kier molecular flexibility index (Phi) is 22.9. The minimum Gasteiger partial charge on any atom is -0.481 e. The van der Waals surface area contributed by atoms with E-state index in [1.165, 1.54) is 0 Å². The first-order chi connectivity index (χ1) is 25.9. The fourth-order valence-electron chi connectivity index (χ4n) is 5.45. The van der Waals surface area contributed by atoms with E-state index in [-0.39, 0.29) is 49.0 Å². The van der Waals surface area contributed by atoms with Crippen molar-refractivity contribution in [3.63, 3.8) is 0 Å². The van der Waals surface area contributed by atoms with Crippen LogP contribution in [-0.2, 0) is 14.3 Å². The number of nitrogens with zero attached hydrogens (tertiary/aromatic N) is 2. The molecule has 0 aromatic heterocycles. The molecule has 0 radical (unpaired) electrons. The Labute approximate surface area is 400 Å². The highest BCUT2D eigenvalue weighted by Gasteiger charge is 2.31. The molecule has 2 amide bonds. The fraction of sp³-hybridized carbons (Fsp3) is 0.471. The number of aromatic carboxylic acids is 2. The highest BCUT2D eigenvalue weighted by molar-refractivity contribution is 14.1. The predicted molar refractivity (Wildman–Crippen MR) is 257 cm³/mol. The number of rotatable bonds is 12. The number of hydrogen-bond donors (Lipinski definition) is 6. The normalized spacial score (nSPS) is 13.7. The average molecular weight is 1440 g/mol. The van der Waals surface area contributed by atoms with Crippen LogP contribution in [0.4, 0.5) is 11.4 Å². The van der Waals surface area contributed by atoms with Crippen molar-refractivity contribution in [1.29, 1.82) is 0 Å². The van der Waals surface area contributed by atoms with Gasteiger partial charge in [-0.15, -0.1) is 0 Å². The van der Waals surface area contributed by atoms with Crippen molar-refractivity contribution in [3.8, 4) is 0 Å². The molecule has 4 rings (SSSR count). The molecule has 0 bridgehead atoms. The first-order valence-electron chi connectivity index (χ1n) is 16.7. The molecule has 2 aromatic carbocycles. The van der Waals surface area contributed by atoms with E-state index in [2.05, 4.69) is 55.8 Å². The SMILES string of the molecule is CNc1c(I)c(C(=O)O)c(I)c(C(=O)N2CCCCC2)c1I.CNc1c(I)c(C(=O)O)c(I)c(C(=O)N2CCCCC2)c1I.O=C(O)CCOCCC(=O)O. The molecule has 21 heteroatoms. The summed E-state index contributed by atoms with van der Waals surface area (Å²) >= 11 is 12.3. The van der Waals surface area contributed by atoms with E-state index in [0.717, 1.165) is 71.8 Å². The predicted octanol–water partition coefficient (Wildman–Crippen LogP) is 7.69. The van der Waals surface area contributed by atoms with Crippen LogP contribution in [0.2, 0.25) is 0 Å². The summed E-state index contributed by atoms with van der Waals surface area (Å²) in [5, 5.41) is 41.3. The molecule has 0 unspecified atom stereocenters. The van der Waals surface area contributed by atoms with Crippen molar-refractivity contribution in [2.45, 2.75) is 51.4 Å². The lowest BCUT2D eigenvalue weighted by Crippen LogP contribution is -2.37. The van der Waals surface area contributed by atoms with Crippen LogP contribution in [-0.4, -0.2) is 119 Å². The Morgan fingerprint density at radius 2 is 0.800 bits per heavy atom. The molecule has 2 heterocycles. The number of anilines is 2. The zero-order valence-electron chi connectivity index (χ0n) is 29.7. The van der Waals surface area contributed by atoms with Gasteiger partial charge in [0, 0.05) is 47.4 Å². The summed E-state index contributed by atoms with van der Waals surface area (Å²) in [5.41, 5.74) is 2.83. The lowest BCUT2D eigenvalue weighted by Gasteiger charge is -2.28. The van der Waals surface area contributed by atoms with E-state index >= 15 is 0 Å². The van der Waals surface area contributed by atoms with E-state index < -0.39 is 23.9 Å². The Hall–Kier alpha value is -0.800. The third-order valence-corrected chi connectivity index (χ3v) is 14.7. The molecule has 15 nitrogen and oxygen atoms in total. The number of likely N-dealkylation sites (tertiary alicyclic amines) is 2. The van der Waals surface area contributed by atoms with Gasteiger partial charge in [0.05, 0.1) is 74.0 Å². The van der Waals surface area contributed by atoms with Gasteiger partial charge in [-0.3, -0.25) is 19.2 Å². The maximum Gasteiger partial charge on any atom is 0.337 e. The van der Waals surface area contributed by atoms with Crippen molar-refractivity contribution < 1.29 is 53.9 Å². The van der Waals surface area contributed by atoms with Crippen molar-refractivity contribution in [2.24, 2.45) is 0 Å². The Morgan fingerprint density at radius 1 is 0.509 bits per heavy atom. The molecular weight excluding hydrogens is 1400 g/mol. The average Bonchev–Trinajstić information content (AvgIpc) is 3.12. The molecule has 0 aliphatic carbocycles. The number of benzene rings is 2. The molecule has 304 valence electrons. The molecular formula is C34H40I6N4O11. The van der Waals surface area contributed by atoms with Gasteiger partial charge in [-0.25, -0.2) is 9.59 Å². The molecule has 2 aliphatic heterocycles. The van der Waals surface area contributed by atoms with E-state index in [1.54, 1.807) is 14.1 Å². The van der Waals surface area contributed by atoms with Crippen molar-refractivity contribution in [3.05, 3.63) is 43.7 Å². The second kappa shape index (κ2) is 25.0. The number of nitrogens with one attached hydrogen (secondary N) is 2. The number of ether oxygens (including phenoxy) is 1. The van der Waals surface area contributed by atoms with E-state index in [0.29, 0.717) is 36.8 Å². The quantitative estimate of drug-likeness (QED) is 0.0888. The first kappa shape index (κ1) is 50.3. The number of carboxylic acid groups (broad SMARTS) is 4. The Morgan fingerprint density at radius 3 is 1.05 bits per heavy atom.